The third-order valence-corrected chi connectivity index (χ3v) is 4.48. The molecular weight excluding hydrogens is 344 g/mol. The van der Waals surface area contributed by atoms with E-state index in [0.717, 1.165) is 17.0 Å². The third-order valence-electron chi connectivity index (χ3n) is 3.36. The molecule has 2 rings (SSSR count). The van der Waals surface area contributed by atoms with Gasteiger partial charge in [-0.05, 0) is 24.3 Å². The van der Waals surface area contributed by atoms with Crippen LogP contribution in [0.5, 0.6) is 0 Å². The summed E-state index contributed by atoms with van der Waals surface area (Å²) in [4.78, 5) is 14.7. The highest BCUT2D eigenvalue weighted by Crippen LogP contribution is 2.32. The average molecular weight is 363 g/mol. The van der Waals surface area contributed by atoms with Crippen molar-refractivity contribution < 1.29 is 18.3 Å². The van der Waals surface area contributed by atoms with E-state index in [2.05, 4.69) is 0 Å². The number of ether oxygens (including phenoxy) is 1. The van der Waals surface area contributed by atoms with E-state index in [-0.39, 0.29) is 11.3 Å². The molecule has 0 heterocycles. The summed E-state index contributed by atoms with van der Waals surface area (Å²) in [5.74, 6) is -1.15. The highest BCUT2D eigenvalue weighted by Gasteiger charge is 2.17. The van der Waals surface area contributed by atoms with Crippen molar-refractivity contribution in [3.05, 3.63) is 71.4 Å². The van der Waals surface area contributed by atoms with Crippen LogP contribution in [0.15, 0.2) is 53.6 Å². The van der Waals surface area contributed by atoms with E-state index in [0.29, 0.717) is 11.1 Å². The van der Waals surface area contributed by atoms with Crippen LogP contribution in [0.25, 0.3) is 5.57 Å². The fourth-order valence-electron chi connectivity index (χ4n) is 2.22. The first-order valence-electron chi connectivity index (χ1n) is 7.55. The Balaban J connectivity index is 2.34. The molecule has 0 amide bonds. The molecule has 0 aliphatic heterocycles. The Bertz CT molecular complexity index is 791. The highest BCUT2D eigenvalue weighted by atomic mass is 32.2. The van der Waals surface area contributed by atoms with Gasteiger partial charge < -0.3 is 9.64 Å². The van der Waals surface area contributed by atoms with Gasteiger partial charge in [0.25, 0.3) is 0 Å². The number of thioether (sulfide) groups is 1. The Labute approximate surface area is 150 Å². The van der Waals surface area contributed by atoms with E-state index in [1.54, 1.807) is 31.3 Å². The van der Waals surface area contributed by atoms with Gasteiger partial charge in [0, 0.05) is 42.1 Å². The van der Waals surface area contributed by atoms with Gasteiger partial charge in [0.15, 0.2) is 0 Å². The molecule has 0 aromatic heterocycles. The van der Waals surface area contributed by atoms with Crippen molar-refractivity contribution in [1.29, 1.82) is 0 Å². The van der Waals surface area contributed by atoms with Gasteiger partial charge in [-0.3, -0.25) is 0 Å². The van der Waals surface area contributed by atoms with Crippen molar-refractivity contribution in [1.82, 2.24) is 4.90 Å². The number of carbonyl (C=O) groups excluding carboxylic acids is 1. The fourth-order valence-corrected chi connectivity index (χ4v) is 3.27. The first-order valence-corrected chi connectivity index (χ1v) is 8.53. The van der Waals surface area contributed by atoms with Crippen molar-refractivity contribution in [2.75, 3.05) is 21.2 Å². The Kier molecular flexibility index (Phi) is 6.58. The number of methoxy groups -OCH3 is 1. The number of halogens is 2. The second-order valence-electron chi connectivity index (χ2n) is 5.52. The van der Waals surface area contributed by atoms with E-state index in [1.807, 2.05) is 18.2 Å². The molecule has 3 nitrogen and oxygen atoms in total. The largest absolute Gasteiger partial charge is 0.465 e. The number of rotatable bonds is 6. The fraction of sp³-hybridized carbons (Fsp3) is 0.211. The first kappa shape index (κ1) is 19.0. The molecule has 25 heavy (non-hydrogen) atoms. The maximum atomic E-state index is 13.8. The lowest BCUT2D eigenvalue weighted by atomic mass is 10.1. The first-order chi connectivity index (χ1) is 11.9. The van der Waals surface area contributed by atoms with Crippen LogP contribution in [-0.4, -0.2) is 32.1 Å². The summed E-state index contributed by atoms with van der Waals surface area (Å²) >= 11 is 1.33. The van der Waals surface area contributed by atoms with Gasteiger partial charge in [-0.15, -0.1) is 11.8 Å². The Morgan fingerprint density at radius 1 is 1.20 bits per heavy atom. The molecule has 0 radical (unpaired) electrons. The number of hydrogen-bond acceptors (Lipinski definition) is 4. The number of carbonyl (C=O) groups is 1. The predicted molar refractivity (Wildman–Crippen MR) is 96.0 cm³/mol. The standard InChI is InChI=1S/C19H19F2NO2S/c1-22(2)11-16(19(23)24-3)15-6-4-5-7-18(15)25-12-13-10-14(20)8-9-17(13)21/h4-11H,12H2,1-3H3. The van der Waals surface area contributed by atoms with Crippen LogP contribution in [0.1, 0.15) is 11.1 Å². The van der Waals surface area contributed by atoms with Gasteiger partial charge in [-0.2, -0.15) is 0 Å². The normalized spacial score (nSPS) is 11.3. The van der Waals surface area contributed by atoms with E-state index in [4.69, 9.17) is 4.74 Å². The van der Waals surface area contributed by atoms with Gasteiger partial charge in [0.2, 0.25) is 0 Å². The Hall–Kier alpha value is -2.34. The van der Waals surface area contributed by atoms with E-state index < -0.39 is 17.6 Å². The van der Waals surface area contributed by atoms with Crippen molar-refractivity contribution in [3.63, 3.8) is 0 Å². The van der Waals surface area contributed by atoms with Gasteiger partial charge >= 0.3 is 5.97 Å². The molecule has 2 aromatic carbocycles. The van der Waals surface area contributed by atoms with Gasteiger partial charge in [-0.25, -0.2) is 13.6 Å². The average Bonchev–Trinajstić information content (AvgIpc) is 2.60. The molecule has 0 fully saturated rings. The molecule has 0 aliphatic carbocycles. The molecule has 6 heteroatoms. The minimum absolute atomic E-state index is 0.247. The summed E-state index contributed by atoms with van der Waals surface area (Å²) in [5.41, 5.74) is 1.36. The van der Waals surface area contributed by atoms with Crippen LogP contribution in [0.2, 0.25) is 0 Å². The second-order valence-corrected chi connectivity index (χ2v) is 6.54. The smallest absolute Gasteiger partial charge is 0.339 e. The number of hydrogen-bond donors (Lipinski definition) is 0. The molecule has 0 aliphatic rings. The van der Waals surface area contributed by atoms with Gasteiger partial charge in [0.1, 0.15) is 11.6 Å². The summed E-state index contributed by atoms with van der Waals surface area (Å²) in [6.07, 6.45) is 1.67. The molecule has 0 atom stereocenters. The van der Waals surface area contributed by atoms with Crippen molar-refractivity contribution >= 4 is 23.3 Å². The number of esters is 1. The summed E-state index contributed by atoms with van der Waals surface area (Å²) in [7, 11) is 4.94. The quantitative estimate of drug-likeness (QED) is 0.434. The second kappa shape index (κ2) is 8.67. The molecule has 0 saturated carbocycles. The minimum Gasteiger partial charge on any atom is -0.465 e. The zero-order valence-corrected chi connectivity index (χ0v) is 15.1. The molecule has 0 unspecified atom stereocenters. The predicted octanol–water partition coefficient (Wildman–Crippen LogP) is 4.33. The van der Waals surface area contributed by atoms with Crippen LogP contribution >= 0.6 is 11.8 Å². The van der Waals surface area contributed by atoms with Crippen molar-refractivity contribution in [2.45, 2.75) is 10.6 Å². The molecule has 2 aromatic rings. The van der Waals surface area contributed by atoms with Crippen LogP contribution in [0.4, 0.5) is 8.78 Å². The van der Waals surface area contributed by atoms with Crippen LogP contribution in [0.3, 0.4) is 0 Å². The zero-order chi connectivity index (χ0) is 18.4. The van der Waals surface area contributed by atoms with Crippen LogP contribution in [0, 0.1) is 11.6 Å². The molecule has 0 saturated heterocycles. The number of nitrogens with zero attached hydrogens (tertiary/aromatic N) is 1. The SMILES string of the molecule is COC(=O)C(=CN(C)C)c1ccccc1SCc1cc(F)ccc1F. The van der Waals surface area contributed by atoms with E-state index >= 15 is 0 Å². The molecule has 0 N–H and O–H groups in total. The van der Waals surface area contributed by atoms with Crippen LogP contribution < -0.4 is 0 Å². The topological polar surface area (TPSA) is 29.5 Å². The van der Waals surface area contributed by atoms with Crippen LogP contribution in [-0.2, 0) is 15.3 Å². The lowest BCUT2D eigenvalue weighted by Crippen LogP contribution is -2.10. The van der Waals surface area contributed by atoms with Crippen molar-refractivity contribution in [3.8, 4) is 0 Å². The highest BCUT2D eigenvalue weighted by molar-refractivity contribution is 7.98. The lowest BCUT2D eigenvalue weighted by Gasteiger charge is -2.14. The van der Waals surface area contributed by atoms with Gasteiger partial charge in [0.05, 0.1) is 12.7 Å². The monoisotopic (exact) mass is 363 g/mol. The molecular formula is C19H19F2NO2S. The zero-order valence-electron chi connectivity index (χ0n) is 14.3. The summed E-state index contributed by atoms with van der Waals surface area (Å²) < 4.78 is 32.0. The van der Waals surface area contributed by atoms with E-state index in [9.17, 15) is 13.6 Å². The summed E-state index contributed by atoms with van der Waals surface area (Å²) in [6.45, 7) is 0. The Morgan fingerprint density at radius 2 is 1.92 bits per heavy atom. The molecule has 132 valence electrons. The molecule has 0 bridgehead atoms. The Morgan fingerprint density at radius 3 is 2.60 bits per heavy atom. The van der Waals surface area contributed by atoms with Crippen molar-refractivity contribution in [2.24, 2.45) is 0 Å². The maximum absolute atomic E-state index is 13.8. The minimum atomic E-state index is -0.479. The van der Waals surface area contributed by atoms with E-state index in [1.165, 1.54) is 24.9 Å². The third kappa shape index (κ3) is 5.06. The summed E-state index contributed by atoms with van der Waals surface area (Å²) in [5, 5.41) is 0. The van der Waals surface area contributed by atoms with Gasteiger partial charge in [-0.1, -0.05) is 18.2 Å². The number of benzene rings is 2. The molecule has 0 spiro atoms. The summed E-state index contributed by atoms with van der Waals surface area (Å²) in [6, 6.07) is 10.7. The lowest BCUT2D eigenvalue weighted by molar-refractivity contribution is -0.133. The maximum Gasteiger partial charge on any atom is 0.339 e.